The van der Waals surface area contributed by atoms with Gasteiger partial charge in [-0.05, 0) is 29.6 Å². The summed E-state index contributed by atoms with van der Waals surface area (Å²) in [6.45, 7) is 0. The molecular weight excluding hydrogens is 269 g/mol. The number of amides is 2. The highest BCUT2D eigenvalue weighted by Crippen LogP contribution is 2.24. The van der Waals surface area contributed by atoms with Crippen molar-refractivity contribution in [2.75, 3.05) is 11.1 Å². The Hall–Kier alpha value is -2.41. The number of carbonyl (C=O) groups excluding carboxylic acids is 2. The summed E-state index contributed by atoms with van der Waals surface area (Å²) < 4.78 is 13.6. The van der Waals surface area contributed by atoms with E-state index in [1.54, 1.807) is 5.38 Å². The van der Waals surface area contributed by atoms with Crippen LogP contribution in [0.4, 0.5) is 15.1 Å². The summed E-state index contributed by atoms with van der Waals surface area (Å²) in [4.78, 5) is 23.0. The molecule has 2 rings (SSSR count). The number of thiophene rings is 1. The standard InChI is InChI=1S/C12H10FN3O2S/c13-9-5-6(14)1-2-7(9)11(18)16-12-8(10(15)17)3-4-19-12/h1-5H,14H2,(H2,15,17)(H,16,18). The Kier molecular flexibility index (Phi) is 3.48. The summed E-state index contributed by atoms with van der Waals surface area (Å²) in [6, 6.07) is 5.24. The second kappa shape index (κ2) is 5.07. The van der Waals surface area contributed by atoms with Crippen LogP contribution in [0.5, 0.6) is 0 Å². The van der Waals surface area contributed by atoms with Crippen LogP contribution in [0.2, 0.25) is 0 Å². The van der Waals surface area contributed by atoms with Crippen LogP contribution >= 0.6 is 11.3 Å². The number of primary amides is 1. The zero-order valence-electron chi connectivity index (χ0n) is 9.64. The molecule has 0 atom stereocenters. The molecule has 5 N–H and O–H groups in total. The zero-order chi connectivity index (χ0) is 14.0. The lowest BCUT2D eigenvalue weighted by Gasteiger charge is -2.06. The maximum Gasteiger partial charge on any atom is 0.259 e. The second-order valence-electron chi connectivity index (χ2n) is 3.72. The van der Waals surface area contributed by atoms with Gasteiger partial charge in [-0.2, -0.15) is 0 Å². The van der Waals surface area contributed by atoms with E-state index < -0.39 is 17.6 Å². The van der Waals surface area contributed by atoms with Gasteiger partial charge in [-0.1, -0.05) is 0 Å². The van der Waals surface area contributed by atoms with Gasteiger partial charge >= 0.3 is 0 Å². The molecule has 19 heavy (non-hydrogen) atoms. The Morgan fingerprint density at radius 2 is 1.95 bits per heavy atom. The minimum absolute atomic E-state index is 0.155. The number of nitrogens with one attached hydrogen (secondary N) is 1. The number of benzene rings is 1. The second-order valence-corrected chi connectivity index (χ2v) is 4.64. The van der Waals surface area contributed by atoms with Gasteiger partial charge in [0, 0.05) is 5.69 Å². The lowest BCUT2D eigenvalue weighted by atomic mass is 10.2. The van der Waals surface area contributed by atoms with Crippen molar-refractivity contribution in [2.24, 2.45) is 5.73 Å². The van der Waals surface area contributed by atoms with Crippen LogP contribution in [0.1, 0.15) is 20.7 Å². The lowest BCUT2D eigenvalue weighted by Crippen LogP contribution is -2.17. The highest BCUT2D eigenvalue weighted by Gasteiger charge is 2.16. The van der Waals surface area contributed by atoms with Crippen molar-refractivity contribution in [1.82, 2.24) is 0 Å². The van der Waals surface area contributed by atoms with Gasteiger partial charge in [-0.15, -0.1) is 11.3 Å². The first-order chi connectivity index (χ1) is 8.99. The molecule has 1 aromatic heterocycles. The molecule has 5 nitrogen and oxygen atoms in total. The number of anilines is 2. The van der Waals surface area contributed by atoms with Gasteiger partial charge in [0.05, 0.1) is 11.1 Å². The SMILES string of the molecule is NC(=O)c1ccsc1NC(=O)c1ccc(N)cc1F. The molecule has 0 radical (unpaired) electrons. The maximum absolute atomic E-state index is 13.6. The average Bonchev–Trinajstić information content (AvgIpc) is 2.76. The Balaban J connectivity index is 2.26. The molecular formula is C12H10FN3O2S. The Morgan fingerprint density at radius 1 is 1.21 bits per heavy atom. The number of hydrogen-bond acceptors (Lipinski definition) is 4. The predicted octanol–water partition coefficient (Wildman–Crippen LogP) is 1.82. The highest BCUT2D eigenvalue weighted by molar-refractivity contribution is 7.14. The van der Waals surface area contributed by atoms with E-state index in [0.29, 0.717) is 0 Å². The predicted molar refractivity (Wildman–Crippen MR) is 71.6 cm³/mol. The molecule has 2 amide bonds. The van der Waals surface area contributed by atoms with Gasteiger partial charge < -0.3 is 16.8 Å². The number of rotatable bonds is 3. The van der Waals surface area contributed by atoms with Gasteiger partial charge in [0.1, 0.15) is 10.8 Å². The normalized spacial score (nSPS) is 10.2. The molecule has 1 aromatic carbocycles. The molecule has 0 bridgehead atoms. The van der Waals surface area contributed by atoms with Crippen molar-refractivity contribution < 1.29 is 14.0 Å². The molecule has 0 aliphatic heterocycles. The molecule has 0 aliphatic rings. The van der Waals surface area contributed by atoms with Gasteiger partial charge in [0.15, 0.2) is 0 Å². The number of nitrogen functional groups attached to an aromatic ring is 1. The molecule has 98 valence electrons. The van der Waals surface area contributed by atoms with E-state index in [4.69, 9.17) is 11.5 Å². The van der Waals surface area contributed by atoms with E-state index in [2.05, 4.69) is 5.32 Å². The fourth-order valence-electron chi connectivity index (χ4n) is 1.49. The molecule has 2 aromatic rings. The van der Waals surface area contributed by atoms with Gasteiger partial charge in [-0.25, -0.2) is 4.39 Å². The minimum atomic E-state index is -0.727. The Morgan fingerprint density at radius 3 is 2.58 bits per heavy atom. The van der Waals surface area contributed by atoms with E-state index in [0.717, 1.165) is 17.4 Å². The summed E-state index contributed by atoms with van der Waals surface area (Å²) in [5.41, 5.74) is 10.8. The lowest BCUT2D eigenvalue weighted by molar-refractivity contribution is 0.100. The van der Waals surface area contributed by atoms with Gasteiger partial charge in [0.2, 0.25) is 0 Å². The summed E-state index contributed by atoms with van der Waals surface area (Å²) in [7, 11) is 0. The quantitative estimate of drug-likeness (QED) is 0.747. The molecule has 7 heteroatoms. The Bertz CT molecular complexity index is 654. The first-order valence-corrected chi connectivity index (χ1v) is 6.10. The van der Waals surface area contributed by atoms with E-state index >= 15 is 0 Å². The van der Waals surface area contributed by atoms with E-state index in [-0.39, 0.29) is 21.8 Å². The van der Waals surface area contributed by atoms with Crippen LogP contribution in [0.3, 0.4) is 0 Å². The molecule has 0 saturated heterocycles. The monoisotopic (exact) mass is 279 g/mol. The van der Waals surface area contributed by atoms with Crippen molar-refractivity contribution in [3.63, 3.8) is 0 Å². The third-order valence-electron chi connectivity index (χ3n) is 2.40. The van der Waals surface area contributed by atoms with Crippen LogP contribution in [0.25, 0.3) is 0 Å². The molecule has 0 unspecified atom stereocenters. The third kappa shape index (κ3) is 2.71. The number of halogens is 1. The van der Waals surface area contributed by atoms with Crippen molar-refractivity contribution in [3.05, 3.63) is 46.6 Å². The molecule has 1 heterocycles. The van der Waals surface area contributed by atoms with Crippen molar-refractivity contribution in [3.8, 4) is 0 Å². The molecule has 0 fully saturated rings. The summed E-state index contributed by atoms with van der Waals surface area (Å²) >= 11 is 1.13. The maximum atomic E-state index is 13.6. The first kappa shape index (κ1) is 13.0. The summed E-state index contributed by atoms with van der Waals surface area (Å²) in [5, 5.41) is 4.34. The Labute approximate surface area is 112 Å². The molecule has 0 spiro atoms. The number of hydrogen-bond donors (Lipinski definition) is 3. The average molecular weight is 279 g/mol. The fourth-order valence-corrected chi connectivity index (χ4v) is 2.27. The molecule has 0 saturated carbocycles. The van der Waals surface area contributed by atoms with Gasteiger partial charge in [-0.3, -0.25) is 9.59 Å². The highest BCUT2D eigenvalue weighted by atomic mass is 32.1. The van der Waals surface area contributed by atoms with Crippen molar-refractivity contribution >= 4 is 33.8 Å². The van der Waals surface area contributed by atoms with Gasteiger partial charge in [0.25, 0.3) is 11.8 Å². The smallest absolute Gasteiger partial charge is 0.259 e. The van der Waals surface area contributed by atoms with Crippen LogP contribution in [0.15, 0.2) is 29.6 Å². The topological polar surface area (TPSA) is 98.2 Å². The van der Waals surface area contributed by atoms with E-state index in [1.807, 2.05) is 0 Å². The minimum Gasteiger partial charge on any atom is -0.399 e. The van der Waals surface area contributed by atoms with Crippen LogP contribution in [-0.2, 0) is 0 Å². The summed E-state index contributed by atoms with van der Waals surface area (Å²) in [6.07, 6.45) is 0. The number of nitrogens with two attached hydrogens (primary N) is 2. The largest absolute Gasteiger partial charge is 0.399 e. The zero-order valence-corrected chi connectivity index (χ0v) is 10.5. The third-order valence-corrected chi connectivity index (χ3v) is 3.23. The van der Waals surface area contributed by atoms with Crippen molar-refractivity contribution in [1.29, 1.82) is 0 Å². The number of carbonyl (C=O) groups is 2. The van der Waals surface area contributed by atoms with Crippen molar-refractivity contribution in [2.45, 2.75) is 0 Å². The van der Waals surface area contributed by atoms with Crippen LogP contribution < -0.4 is 16.8 Å². The summed E-state index contributed by atoms with van der Waals surface area (Å²) in [5.74, 6) is -2.05. The first-order valence-electron chi connectivity index (χ1n) is 5.22. The van der Waals surface area contributed by atoms with Crippen LogP contribution in [-0.4, -0.2) is 11.8 Å². The molecule has 0 aliphatic carbocycles. The van der Waals surface area contributed by atoms with Crippen LogP contribution in [0, 0.1) is 5.82 Å². The van der Waals surface area contributed by atoms with E-state index in [1.165, 1.54) is 18.2 Å². The fraction of sp³-hybridized carbons (Fsp3) is 0. The van der Waals surface area contributed by atoms with E-state index in [9.17, 15) is 14.0 Å².